The number of nitrogens with zero attached hydrogens (tertiary/aromatic N) is 4. The second kappa shape index (κ2) is 9.22. The molecule has 1 saturated heterocycles. The highest BCUT2D eigenvalue weighted by Gasteiger charge is 2.23. The lowest BCUT2D eigenvalue weighted by Gasteiger charge is -2.34. The number of aromatic nitrogens is 2. The van der Waals surface area contributed by atoms with Crippen LogP contribution < -0.4 is 5.56 Å². The van der Waals surface area contributed by atoms with Gasteiger partial charge in [-0.3, -0.25) is 14.5 Å². The van der Waals surface area contributed by atoms with Crippen molar-refractivity contribution in [1.82, 2.24) is 19.6 Å². The monoisotopic (exact) mass is 404 g/mol. The van der Waals surface area contributed by atoms with Gasteiger partial charge in [0.25, 0.3) is 11.5 Å². The van der Waals surface area contributed by atoms with Crippen molar-refractivity contribution in [1.29, 1.82) is 0 Å². The topological polar surface area (TPSA) is 58.4 Å². The molecule has 1 fully saturated rings. The average molecular weight is 405 g/mol. The van der Waals surface area contributed by atoms with Crippen LogP contribution in [0.15, 0.2) is 59.4 Å². The van der Waals surface area contributed by atoms with Crippen molar-refractivity contribution in [3.8, 4) is 0 Å². The van der Waals surface area contributed by atoms with Crippen LogP contribution in [0.25, 0.3) is 10.8 Å². The van der Waals surface area contributed by atoms with Crippen LogP contribution in [-0.2, 0) is 13.1 Å². The SMILES string of the molecule is CCCCn1nc(C(=O)N2CCN(Cc3cccc4ccccc34)CC2)ccc1=O. The Morgan fingerprint density at radius 3 is 2.53 bits per heavy atom. The number of hydrogen-bond donors (Lipinski definition) is 0. The van der Waals surface area contributed by atoms with E-state index in [0.29, 0.717) is 25.3 Å². The molecule has 156 valence electrons. The van der Waals surface area contributed by atoms with Gasteiger partial charge in [0.15, 0.2) is 0 Å². The van der Waals surface area contributed by atoms with Crippen molar-refractivity contribution < 1.29 is 4.79 Å². The third-order valence-electron chi connectivity index (χ3n) is 5.74. The molecule has 0 radical (unpaired) electrons. The van der Waals surface area contributed by atoms with Crippen LogP contribution in [0.3, 0.4) is 0 Å². The smallest absolute Gasteiger partial charge is 0.274 e. The van der Waals surface area contributed by atoms with Crippen LogP contribution in [0.5, 0.6) is 0 Å². The van der Waals surface area contributed by atoms with Gasteiger partial charge in [-0.2, -0.15) is 5.10 Å². The second-order valence-electron chi connectivity index (χ2n) is 7.84. The summed E-state index contributed by atoms with van der Waals surface area (Å²) in [5, 5.41) is 6.85. The summed E-state index contributed by atoms with van der Waals surface area (Å²) in [4.78, 5) is 29.1. The molecule has 0 spiro atoms. The number of benzene rings is 2. The van der Waals surface area contributed by atoms with Crippen molar-refractivity contribution >= 4 is 16.7 Å². The van der Waals surface area contributed by atoms with Gasteiger partial charge in [-0.15, -0.1) is 0 Å². The third kappa shape index (κ3) is 4.44. The van der Waals surface area contributed by atoms with Crippen LogP contribution >= 0.6 is 0 Å². The van der Waals surface area contributed by atoms with Gasteiger partial charge in [-0.25, -0.2) is 4.68 Å². The van der Waals surface area contributed by atoms with Gasteiger partial charge in [0.05, 0.1) is 0 Å². The summed E-state index contributed by atoms with van der Waals surface area (Å²) in [5.74, 6) is -0.0925. The molecule has 0 bridgehead atoms. The summed E-state index contributed by atoms with van der Waals surface area (Å²) in [6, 6.07) is 17.9. The van der Waals surface area contributed by atoms with E-state index in [1.54, 1.807) is 6.07 Å². The molecule has 1 aliphatic rings. The van der Waals surface area contributed by atoms with Crippen molar-refractivity contribution in [2.75, 3.05) is 26.2 Å². The summed E-state index contributed by atoms with van der Waals surface area (Å²) in [6.07, 6.45) is 1.85. The van der Waals surface area contributed by atoms with Crippen LogP contribution in [0.1, 0.15) is 35.8 Å². The zero-order valence-electron chi connectivity index (χ0n) is 17.5. The van der Waals surface area contributed by atoms with E-state index >= 15 is 0 Å². The Balaban J connectivity index is 1.39. The lowest BCUT2D eigenvalue weighted by Crippen LogP contribution is -2.48. The minimum absolute atomic E-state index is 0.0925. The summed E-state index contributed by atoms with van der Waals surface area (Å²) in [6.45, 7) is 6.48. The van der Waals surface area contributed by atoms with E-state index in [1.807, 2.05) is 4.90 Å². The molecular formula is C24H28N4O2. The number of hydrogen-bond acceptors (Lipinski definition) is 4. The van der Waals surface area contributed by atoms with Gasteiger partial charge >= 0.3 is 0 Å². The first kappa shape index (κ1) is 20.3. The summed E-state index contributed by atoms with van der Waals surface area (Å²) in [7, 11) is 0. The molecule has 2 aromatic carbocycles. The van der Waals surface area contributed by atoms with E-state index in [9.17, 15) is 9.59 Å². The Morgan fingerprint density at radius 2 is 1.73 bits per heavy atom. The largest absolute Gasteiger partial charge is 0.335 e. The molecule has 1 amide bonds. The van der Waals surface area contributed by atoms with Crippen LogP contribution in [-0.4, -0.2) is 51.7 Å². The number of unbranched alkanes of at least 4 members (excludes halogenated alkanes) is 1. The van der Waals surface area contributed by atoms with Crippen molar-refractivity contribution in [3.63, 3.8) is 0 Å². The molecule has 6 nitrogen and oxygen atoms in total. The quantitative estimate of drug-likeness (QED) is 0.633. The Hall–Kier alpha value is -2.99. The van der Waals surface area contributed by atoms with Gasteiger partial charge < -0.3 is 4.90 Å². The fourth-order valence-electron chi connectivity index (χ4n) is 3.97. The predicted molar refractivity (Wildman–Crippen MR) is 119 cm³/mol. The van der Waals surface area contributed by atoms with E-state index in [-0.39, 0.29) is 11.5 Å². The molecule has 2 heterocycles. The molecule has 4 rings (SSSR count). The van der Waals surface area contributed by atoms with E-state index in [2.05, 4.69) is 59.4 Å². The standard InChI is InChI=1S/C24H28N4O2/c1-2-3-13-28-23(29)12-11-22(25-28)24(30)27-16-14-26(15-17-27)18-20-9-6-8-19-7-4-5-10-21(19)20/h4-12H,2-3,13-18H2,1H3. The number of carbonyl (C=O) groups excluding carboxylic acids is 1. The fraction of sp³-hybridized carbons (Fsp3) is 0.375. The Labute approximate surface area is 176 Å². The molecule has 0 unspecified atom stereocenters. The Kier molecular flexibility index (Phi) is 6.23. The highest BCUT2D eigenvalue weighted by molar-refractivity contribution is 5.92. The maximum absolute atomic E-state index is 12.9. The highest BCUT2D eigenvalue weighted by Crippen LogP contribution is 2.20. The number of amides is 1. The first-order valence-electron chi connectivity index (χ1n) is 10.7. The number of fused-ring (bicyclic) bond motifs is 1. The summed E-state index contributed by atoms with van der Waals surface area (Å²) >= 11 is 0. The van der Waals surface area contributed by atoms with Gasteiger partial charge in [0.1, 0.15) is 5.69 Å². The molecule has 0 aliphatic carbocycles. The maximum atomic E-state index is 12.9. The molecular weight excluding hydrogens is 376 g/mol. The zero-order chi connectivity index (χ0) is 20.9. The van der Waals surface area contributed by atoms with E-state index in [1.165, 1.54) is 27.1 Å². The number of rotatable bonds is 6. The van der Waals surface area contributed by atoms with Gasteiger partial charge in [-0.1, -0.05) is 55.8 Å². The molecule has 30 heavy (non-hydrogen) atoms. The third-order valence-corrected chi connectivity index (χ3v) is 5.74. The fourth-order valence-corrected chi connectivity index (χ4v) is 3.97. The maximum Gasteiger partial charge on any atom is 0.274 e. The normalized spacial score (nSPS) is 14.9. The summed E-state index contributed by atoms with van der Waals surface area (Å²) < 4.78 is 1.41. The number of aryl methyl sites for hydroxylation is 1. The predicted octanol–water partition coefficient (Wildman–Crippen LogP) is 3.15. The van der Waals surface area contributed by atoms with E-state index in [0.717, 1.165) is 32.5 Å². The van der Waals surface area contributed by atoms with Crippen molar-refractivity contribution in [3.05, 3.63) is 76.2 Å². The number of carbonyl (C=O) groups is 1. The van der Waals surface area contributed by atoms with Crippen LogP contribution in [0, 0.1) is 0 Å². The van der Waals surface area contributed by atoms with E-state index < -0.39 is 0 Å². The molecule has 0 N–H and O–H groups in total. The number of piperazine rings is 1. The average Bonchev–Trinajstić information content (AvgIpc) is 2.79. The molecule has 6 heteroatoms. The summed E-state index contributed by atoms with van der Waals surface area (Å²) in [5.41, 5.74) is 1.52. The molecule has 1 aromatic heterocycles. The first-order valence-corrected chi connectivity index (χ1v) is 10.7. The molecule has 1 aliphatic heterocycles. The lowest BCUT2D eigenvalue weighted by atomic mass is 10.0. The van der Waals surface area contributed by atoms with Crippen molar-refractivity contribution in [2.45, 2.75) is 32.9 Å². The van der Waals surface area contributed by atoms with Crippen molar-refractivity contribution in [2.24, 2.45) is 0 Å². The first-order chi connectivity index (χ1) is 14.7. The second-order valence-corrected chi connectivity index (χ2v) is 7.84. The molecule has 3 aromatic rings. The highest BCUT2D eigenvalue weighted by atomic mass is 16.2. The molecule has 0 atom stereocenters. The van der Waals surface area contributed by atoms with Crippen LogP contribution in [0.4, 0.5) is 0 Å². The van der Waals surface area contributed by atoms with E-state index in [4.69, 9.17) is 0 Å². The van der Waals surface area contributed by atoms with Gasteiger partial charge in [0, 0.05) is 45.3 Å². The molecule has 0 saturated carbocycles. The van der Waals surface area contributed by atoms with Gasteiger partial charge in [0.2, 0.25) is 0 Å². The zero-order valence-corrected chi connectivity index (χ0v) is 17.5. The minimum Gasteiger partial charge on any atom is -0.335 e. The minimum atomic E-state index is -0.153. The lowest BCUT2D eigenvalue weighted by molar-refractivity contribution is 0.0620. The Bertz CT molecular complexity index is 1080. The Morgan fingerprint density at radius 1 is 0.967 bits per heavy atom. The van der Waals surface area contributed by atoms with Crippen LogP contribution in [0.2, 0.25) is 0 Å². The van der Waals surface area contributed by atoms with Gasteiger partial charge in [-0.05, 0) is 28.8 Å².